The fourth-order valence-electron chi connectivity index (χ4n) is 1.69. The SMILES string of the molecule is CC=C(OCCCCCC)c1cccc(F)c1. The molecule has 0 saturated carbocycles. The molecule has 1 rings (SSSR count). The van der Waals surface area contributed by atoms with Gasteiger partial charge < -0.3 is 4.74 Å². The Morgan fingerprint density at radius 1 is 1.29 bits per heavy atom. The quantitative estimate of drug-likeness (QED) is 0.489. The minimum atomic E-state index is -0.226. The minimum Gasteiger partial charge on any atom is -0.493 e. The van der Waals surface area contributed by atoms with Crippen LogP contribution >= 0.6 is 0 Å². The standard InChI is InChI=1S/C15H21FO/c1-3-5-6-7-11-17-15(4-2)13-9-8-10-14(16)12-13/h4,8-10,12H,3,5-7,11H2,1-2H3. The first-order chi connectivity index (χ1) is 8.27. The molecule has 0 bridgehead atoms. The van der Waals surface area contributed by atoms with Crippen LogP contribution in [0.5, 0.6) is 0 Å². The van der Waals surface area contributed by atoms with Crippen LogP contribution in [0, 0.1) is 5.82 Å². The predicted molar refractivity (Wildman–Crippen MR) is 70.1 cm³/mol. The van der Waals surface area contributed by atoms with Crippen LogP contribution in [0.3, 0.4) is 0 Å². The normalized spacial score (nSPS) is 11.6. The van der Waals surface area contributed by atoms with E-state index in [9.17, 15) is 4.39 Å². The molecule has 0 heterocycles. The highest BCUT2D eigenvalue weighted by molar-refractivity contribution is 5.59. The summed E-state index contributed by atoms with van der Waals surface area (Å²) in [7, 11) is 0. The van der Waals surface area contributed by atoms with Gasteiger partial charge in [-0.25, -0.2) is 4.39 Å². The van der Waals surface area contributed by atoms with E-state index in [0.29, 0.717) is 6.61 Å². The molecule has 0 amide bonds. The fraction of sp³-hybridized carbons (Fsp3) is 0.467. The molecule has 1 aromatic rings. The maximum Gasteiger partial charge on any atom is 0.123 e. The maximum atomic E-state index is 13.1. The highest BCUT2D eigenvalue weighted by Crippen LogP contribution is 2.17. The molecule has 1 nitrogen and oxygen atoms in total. The van der Waals surface area contributed by atoms with Crippen molar-refractivity contribution in [1.82, 2.24) is 0 Å². The van der Waals surface area contributed by atoms with Crippen LogP contribution in [-0.2, 0) is 4.74 Å². The van der Waals surface area contributed by atoms with E-state index in [1.807, 2.05) is 19.1 Å². The molecular formula is C15H21FO. The second-order valence-corrected chi connectivity index (χ2v) is 4.07. The minimum absolute atomic E-state index is 0.226. The molecule has 1 aromatic carbocycles. The summed E-state index contributed by atoms with van der Waals surface area (Å²) >= 11 is 0. The molecule has 0 N–H and O–H groups in total. The van der Waals surface area contributed by atoms with E-state index < -0.39 is 0 Å². The molecule has 0 unspecified atom stereocenters. The topological polar surface area (TPSA) is 9.23 Å². The summed E-state index contributed by atoms with van der Waals surface area (Å²) in [6, 6.07) is 6.51. The lowest BCUT2D eigenvalue weighted by Crippen LogP contribution is -1.95. The van der Waals surface area contributed by atoms with E-state index in [-0.39, 0.29) is 5.82 Å². The molecule has 0 aromatic heterocycles. The summed E-state index contributed by atoms with van der Waals surface area (Å²) in [5, 5.41) is 0. The van der Waals surface area contributed by atoms with Crippen molar-refractivity contribution in [2.45, 2.75) is 39.5 Å². The Balaban J connectivity index is 2.44. The summed E-state index contributed by atoms with van der Waals surface area (Å²) in [5.41, 5.74) is 0.808. The van der Waals surface area contributed by atoms with Crippen molar-refractivity contribution in [3.63, 3.8) is 0 Å². The molecule has 0 aliphatic heterocycles. The second kappa shape index (κ2) is 7.88. The van der Waals surface area contributed by atoms with Crippen molar-refractivity contribution in [1.29, 1.82) is 0 Å². The van der Waals surface area contributed by atoms with Gasteiger partial charge in [0.25, 0.3) is 0 Å². The van der Waals surface area contributed by atoms with Gasteiger partial charge in [-0.3, -0.25) is 0 Å². The highest BCUT2D eigenvalue weighted by atomic mass is 19.1. The van der Waals surface area contributed by atoms with Gasteiger partial charge >= 0.3 is 0 Å². The first-order valence-electron chi connectivity index (χ1n) is 6.33. The van der Waals surface area contributed by atoms with Gasteiger partial charge in [0.2, 0.25) is 0 Å². The number of rotatable bonds is 7. The van der Waals surface area contributed by atoms with Crippen LogP contribution in [-0.4, -0.2) is 6.61 Å². The lowest BCUT2D eigenvalue weighted by Gasteiger charge is -2.10. The molecule has 0 radical (unpaired) electrons. The molecule has 17 heavy (non-hydrogen) atoms. The van der Waals surface area contributed by atoms with Gasteiger partial charge in [-0.05, 0) is 31.6 Å². The van der Waals surface area contributed by atoms with Gasteiger partial charge in [0.05, 0.1) is 6.61 Å². The summed E-state index contributed by atoms with van der Waals surface area (Å²) in [6.45, 7) is 4.80. The number of allylic oxidation sites excluding steroid dienone is 1. The molecule has 2 heteroatoms. The Morgan fingerprint density at radius 2 is 2.12 bits per heavy atom. The second-order valence-electron chi connectivity index (χ2n) is 4.07. The van der Waals surface area contributed by atoms with Crippen molar-refractivity contribution < 1.29 is 9.13 Å². The fourth-order valence-corrected chi connectivity index (χ4v) is 1.69. The zero-order valence-corrected chi connectivity index (χ0v) is 10.7. The molecule has 0 spiro atoms. The summed E-state index contributed by atoms with van der Waals surface area (Å²) < 4.78 is 18.7. The van der Waals surface area contributed by atoms with Gasteiger partial charge in [0.1, 0.15) is 11.6 Å². The highest BCUT2D eigenvalue weighted by Gasteiger charge is 2.02. The first kappa shape index (κ1) is 13.8. The number of hydrogen-bond acceptors (Lipinski definition) is 1. The number of ether oxygens (including phenoxy) is 1. The third-order valence-corrected chi connectivity index (χ3v) is 2.63. The third-order valence-electron chi connectivity index (χ3n) is 2.63. The Bertz CT molecular complexity index is 358. The average molecular weight is 236 g/mol. The first-order valence-corrected chi connectivity index (χ1v) is 6.33. The molecule has 0 aliphatic rings. The van der Waals surface area contributed by atoms with E-state index in [2.05, 4.69) is 6.92 Å². The molecule has 0 aliphatic carbocycles. The smallest absolute Gasteiger partial charge is 0.123 e. The lowest BCUT2D eigenvalue weighted by atomic mass is 10.1. The van der Waals surface area contributed by atoms with Gasteiger partial charge in [0, 0.05) is 5.56 Å². The number of unbranched alkanes of at least 4 members (excludes halogenated alkanes) is 3. The Kier molecular flexibility index (Phi) is 6.38. The zero-order chi connectivity index (χ0) is 12.5. The Labute approximate surface area is 103 Å². The van der Waals surface area contributed by atoms with E-state index in [4.69, 9.17) is 4.74 Å². The molecular weight excluding hydrogens is 215 g/mol. The largest absolute Gasteiger partial charge is 0.493 e. The molecule has 94 valence electrons. The van der Waals surface area contributed by atoms with Crippen LogP contribution in [0.15, 0.2) is 30.3 Å². The summed E-state index contributed by atoms with van der Waals surface area (Å²) in [4.78, 5) is 0. The van der Waals surface area contributed by atoms with Crippen molar-refractivity contribution in [3.05, 3.63) is 41.7 Å². The van der Waals surface area contributed by atoms with E-state index in [1.165, 1.54) is 31.4 Å². The molecule has 0 atom stereocenters. The number of benzene rings is 1. The lowest BCUT2D eigenvalue weighted by molar-refractivity contribution is 0.266. The van der Waals surface area contributed by atoms with Gasteiger partial charge in [0.15, 0.2) is 0 Å². The third kappa shape index (κ3) is 5.03. The molecule has 0 saturated heterocycles. The van der Waals surface area contributed by atoms with Crippen LogP contribution in [0.4, 0.5) is 4.39 Å². The summed E-state index contributed by atoms with van der Waals surface area (Å²) in [6.07, 6.45) is 6.60. The number of halogens is 1. The Morgan fingerprint density at radius 3 is 2.76 bits per heavy atom. The van der Waals surface area contributed by atoms with Crippen molar-refractivity contribution in [2.24, 2.45) is 0 Å². The van der Waals surface area contributed by atoms with Gasteiger partial charge in [-0.1, -0.05) is 38.3 Å². The van der Waals surface area contributed by atoms with Crippen LogP contribution in [0.25, 0.3) is 5.76 Å². The van der Waals surface area contributed by atoms with E-state index in [0.717, 1.165) is 17.7 Å². The van der Waals surface area contributed by atoms with E-state index in [1.54, 1.807) is 6.07 Å². The van der Waals surface area contributed by atoms with Gasteiger partial charge in [-0.15, -0.1) is 0 Å². The van der Waals surface area contributed by atoms with Gasteiger partial charge in [-0.2, -0.15) is 0 Å². The van der Waals surface area contributed by atoms with Crippen LogP contribution < -0.4 is 0 Å². The molecule has 0 fully saturated rings. The van der Waals surface area contributed by atoms with Crippen molar-refractivity contribution in [2.75, 3.05) is 6.61 Å². The van der Waals surface area contributed by atoms with Crippen molar-refractivity contribution in [3.8, 4) is 0 Å². The van der Waals surface area contributed by atoms with Crippen LogP contribution in [0.1, 0.15) is 45.1 Å². The predicted octanol–water partition coefficient (Wildman–Crippen LogP) is 4.78. The van der Waals surface area contributed by atoms with E-state index >= 15 is 0 Å². The summed E-state index contributed by atoms with van der Waals surface area (Å²) in [5.74, 6) is 0.539. The van der Waals surface area contributed by atoms with Crippen LogP contribution in [0.2, 0.25) is 0 Å². The van der Waals surface area contributed by atoms with Crippen molar-refractivity contribution >= 4 is 5.76 Å². The number of hydrogen-bond donors (Lipinski definition) is 0. The average Bonchev–Trinajstić information content (AvgIpc) is 2.34. The maximum absolute atomic E-state index is 13.1. The monoisotopic (exact) mass is 236 g/mol. The Hall–Kier alpha value is -1.31. The zero-order valence-electron chi connectivity index (χ0n) is 10.7.